The minimum Gasteiger partial charge on any atom is -0.465 e. The molecular weight excluding hydrogens is 492 g/mol. The van der Waals surface area contributed by atoms with Crippen molar-refractivity contribution in [3.05, 3.63) is 35.9 Å². The first-order valence-electron chi connectivity index (χ1n) is 11.5. The first kappa shape index (κ1) is 30.7. The molecule has 192 valence electrons. The monoisotopic (exact) mass is 530 g/mol. The predicted octanol–water partition coefficient (Wildman–Crippen LogP) is 3.78. The Morgan fingerprint density at radius 1 is 1.00 bits per heavy atom. The van der Waals surface area contributed by atoms with Gasteiger partial charge in [-0.1, -0.05) is 65.8 Å². The van der Waals surface area contributed by atoms with Crippen LogP contribution >= 0.6 is 33.3 Å². The Morgan fingerprint density at radius 3 is 2.44 bits per heavy atom. The van der Waals surface area contributed by atoms with Crippen LogP contribution in [0.5, 0.6) is 0 Å². The van der Waals surface area contributed by atoms with Crippen LogP contribution in [-0.2, 0) is 30.3 Å². The van der Waals surface area contributed by atoms with Crippen molar-refractivity contribution in [3.63, 3.8) is 0 Å². The van der Waals surface area contributed by atoms with E-state index in [2.05, 4.69) is 16.9 Å². The van der Waals surface area contributed by atoms with Gasteiger partial charge in [-0.2, -0.15) is 11.8 Å². The van der Waals surface area contributed by atoms with Crippen LogP contribution < -0.4 is 10.6 Å². The summed E-state index contributed by atoms with van der Waals surface area (Å²) in [5, 5.41) is 6.11. The summed E-state index contributed by atoms with van der Waals surface area (Å²) in [7, 11) is 3.36. The zero-order valence-corrected chi connectivity index (χ0v) is 22.8. The van der Waals surface area contributed by atoms with E-state index in [1.54, 1.807) is 35.4 Å². The van der Waals surface area contributed by atoms with Crippen LogP contribution in [0.3, 0.4) is 0 Å². The van der Waals surface area contributed by atoms with Crippen molar-refractivity contribution in [2.24, 2.45) is 11.8 Å². The molecule has 0 aliphatic carbocycles. The van der Waals surface area contributed by atoms with Crippen LogP contribution in [-0.4, -0.2) is 67.8 Å². The van der Waals surface area contributed by atoms with E-state index in [4.69, 9.17) is 9.47 Å². The van der Waals surface area contributed by atoms with E-state index >= 15 is 0 Å². The van der Waals surface area contributed by atoms with Crippen molar-refractivity contribution in [1.82, 2.24) is 10.6 Å². The SMILES string of the molecule is CSCCCNCSSCC(Cc1ccccc1)C(=O)NCC(=O)OCCCOC(=O)C(C)C. The molecule has 1 amide bonds. The molecule has 10 heteroatoms. The molecule has 1 atom stereocenters. The molecule has 2 N–H and O–H groups in total. The molecule has 1 aromatic rings. The van der Waals surface area contributed by atoms with Gasteiger partial charge in [0.25, 0.3) is 0 Å². The summed E-state index contributed by atoms with van der Waals surface area (Å²) < 4.78 is 10.2. The molecular formula is C24H38N2O5S3. The predicted molar refractivity (Wildman–Crippen MR) is 144 cm³/mol. The smallest absolute Gasteiger partial charge is 0.325 e. The maximum Gasteiger partial charge on any atom is 0.325 e. The molecule has 0 saturated heterocycles. The van der Waals surface area contributed by atoms with E-state index in [1.807, 2.05) is 42.1 Å². The van der Waals surface area contributed by atoms with Crippen molar-refractivity contribution in [2.45, 2.75) is 33.1 Å². The molecule has 0 saturated carbocycles. The van der Waals surface area contributed by atoms with Gasteiger partial charge in [-0.3, -0.25) is 14.4 Å². The average molecular weight is 531 g/mol. The van der Waals surface area contributed by atoms with Gasteiger partial charge in [-0.15, -0.1) is 0 Å². The van der Waals surface area contributed by atoms with Crippen LogP contribution in [0.4, 0.5) is 0 Å². The highest BCUT2D eigenvalue weighted by atomic mass is 33.1. The number of thioether (sulfide) groups is 1. The molecule has 0 spiro atoms. The lowest BCUT2D eigenvalue weighted by Gasteiger charge is -2.16. The maximum absolute atomic E-state index is 12.8. The van der Waals surface area contributed by atoms with E-state index < -0.39 is 5.97 Å². The van der Waals surface area contributed by atoms with Gasteiger partial charge >= 0.3 is 11.9 Å². The zero-order chi connectivity index (χ0) is 25.0. The largest absolute Gasteiger partial charge is 0.465 e. The van der Waals surface area contributed by atoms with E-state index in [9.17, 15) is 14.4 Å². The van der Waals surface area contributed by atoms with E-state index in [-0.39, 0.29) is 43.5 Å². The molecule has 0 aliphatic heterocycles. The molecule has 1 unspecified atom stereocenters. The highest BCUT2D eigenvalue weighted by Crippen LogP contribution is 2.25. The summed E-state index contributed by atoms with van der Waals surface area (Å²) in [6.07, 6.45) is 4.28. The van der Waals surface area contributed by atoms with E-state index in [1.165, 1.54) is 0 Å². The normalized spacial score (nSPS) is 11.8. The van der Waals surface area contributed by atoms with Crippen molar-refractivity contribution < 1.29 is 23.9 Å². The summed E-state index contributed by atoms with van der Waals surface area (Å²) >= 11 is 1.85. The Labute approximate surface area is 216 Å². The molecule has 0 fully saturated rings. The fourth-order valence-electron chi connectivity index (χ4n) is 2.69. The van der Waals surface area contributed by atoms with Gasteiger partial charge in [0.05, 0.1) is 30.9 Å². The molecule has 7 nitrogen and oxygen atoms in total. The molecule has 1 rings (SSSR count). The minimum absolute atomic E-state index is 0.143. The van der Waals surface area contributed by atoms with Gasteiger partial charge in [-0.25, -0.2) is 0 Å². The number of esters is 2. The third kappa shape index (κ3) is 15.5. The lowest BCUT2D eigenvalue weighted by Crippen LogP contribution is -2.37. The molecule has 0 bridgehead atoms. The topological polar surface area (TPSA) is 93.7 Å². The molecule has 0 aliphatic rings. The summed E-state index contributed by atoms with van der Waals surface area (Å²) in [6.45, 7) is 4.69. The van der Waals surface area contributed by atoms with Crippen LogP contribution in [0, 0.1) is 11.8 Å². The standard InChI is InChI=1S/C24H38N2O5S3/c1-19(2)24(29)31-13-8-12-30-22(27)16-26-23(28)21(15-20-9-5-4-6-10-20)17-33-34-18-25-11-7-14-32-3/h4-6,9-10,19,21,25H,7-8,11-18H2,1-3H3,(H,26,28). The number of benzene rings is 1. The number of nitrogens with one attached hydrogen (secondary N) is 2. The maximum atomic E-state index is 12.8. The summed E-state index contributed by atoms with van der Waals surface area (Å²) in [5.41, 5.74) is 1.09. The number of hydrogen-bond acceptors (Lipinski definition) is 9. The van der Waals surface area contributed by atoms with Gasteiger partial charge < -0.3 is 20.1 Å². The first-order valence-corrected chi connectivity index (χ1v) is 15.4. The molecule has 0 radical (unpaired) electrons. The van der Waals surface area contributed by atoms with Gasteiger partial charge in [0.1, 0.15) is 6.54 Å². The highest BCUT2D eigenvalue weighted by molar-refractivity contribution is 8.76. The minimum atomic E-state index is -0.501. The lowest BCUT2D eigenvalue weighted by molar-refractivity contribution is -0.148. The molecule has 34 heavy (non-hydrogen) atoms. The second kappa shape index (κ2) is 19.9. The summed E-state index contributed by atoms with van der Waals surface area (Å²) in [5.74, 6) is 1.26. The number of hydrogen-bond donors (Lipinski definition) is 2. The van der Waals surface area contributed by atoms with E-state index in [0.29, 0.717) is 18.6 Å². The third-order valence-corrected chi connectivity index (χ3v) is 7.57. The molecule has 0 heterocycles. The Balaban J connectivity index is 2.35. The lowest BCUT2D eigenvalue weighted by atomic mass is 10.0. The zero-order valence-electron chi connectivity index (χ0n) is 20.4. The second-order valence-corrected chi connectivity index (χ2v) is 11.4. The summed E-state index contributed by atoms with van der Waals surface area (Å²) in [4.78, 5) is 36.2. The Bertz CT molecular complexity index is 707. The van der Waals surface area contributed by atoms with Gasteiger partial charge in [0.2, 0.25) is 5.91 Å². The van der Waals surface area contributed by atoms with Crippen molar-refractivity contribution >= 4 is 51.2 Å². The molecule has 1 aromatic carbocycles. The average Bonchev–Trinajstić information content (AvgIpc) is 2.83. The second-order valence-electron chi connectivity index (χ2n) is 7.89. The number of rotatable bonds is 19. The van der Waals surface area contributed by atoms with Crippen molar-refractivity contribution in [2.75, 3.05) is 49.9 Å². The Hall–Kier alpha value is -1.36. The van der Waals surface area contributed by atoms with Crippen molar-refractivity contribution in [1.29, 1.82) is 0 Å². The number of ether oxygens (including phenoxy) is 2. The number of amides is 1. The summed E-state index contributed by atoms with van der Waals surface area (Å²) in [6, 6.07) is 9.88. The van der Waals surface area contributed by atoms with Crippen LogP contribution in [0.1, 0.15) is 32.3 Å². The number of carbonyl (C=O) groups is 3. The Morgan fingerprint density at radius 2 is 1.74 bits per heavy atom. The molecule has 0 aromatic heterocycles. The van der Waals surface area contributed by atoms with E-state index in [0.717, 1.165) is 30.2 Å². The van der Waals surface area contributed by atoms with Crippen LogP contribution in [0.15, 0.2) is 30.3 Å². The van der Waals surface area contributed by atoms with Crippen LogP contribution in [0.25, 0.3) is 0 Å². The van der Waals surface area contributed by atoms with Crippen LogP contribution in [0.2, 0.25) is 0 Å². The van der Waals surface area contributed by atoms with Gasteiger partial charge in [0.15, 0.2) is 0 Å². The van der Waals surface area contributed by atoms with Crippen molar-refractivity contribution in [3.8, 4) is 0 Å². The quantitative estimate of drug-likeness (QED) is 0.120. The first-order chi connectivity index (χ1) is 16.4. The fourth-order valence-corrected chi connectivity index (χ4v) is 5.25. The fraction of sp³-hybridized carbons (Fsp3) is 0.625. The third-order valence-electron chi connectivity index (χ3n) is 4.59. The number of carbonyl (C=O) groups excluding carboxylic acids is 3. The Kier molecular flexibility index (Phi) is 17.9. The van der Waals surface area contributed by atoms with Gasteiger partial charge in [-0.05, 0) is 37.0 Å². The van der Waals surface area contributed by atoms with Gasteiger partial charge in [0, 0.05) is 12.2 Å². The highest BCUT2D eigenvalue weighted by Gasteiger charge is 2.20.